The van der Waals surface area contributed by atoms with Crippen LogP contribution in [-0.2, 0) is 6.42 Å². The summed E-state index contributed by atoms with van der Waals surface area (Å²) < 4.78 is 0. The Labute approximate surface area is 114 Å². The third kappa shape index (κ3) is 3.79. The Morgan fingerprint density at radius 2 is 2.06 bits per heavy atom. The highest BCUT2D eigenvalue weighted by Crippen LogP contribution is 2.17. The van der Waals surface area contributed by atoms with Crippen molar-refractivity contribution in [3.8, 4) is 0 Å². The van der Waals surface area contributed by atoms with Crippen molar-refractivity contribution in [2.24, 2.45) is 0 Å². The molecule has 18 heavy (non-hydrogen) atoms. The van der Waals surface area contributed by atoms with Gasteiger partial charge in [-0.25, -0.2) is 0 Å². The molecule has 0 aliphatic rings. The largest absolute Gasteiger partial charge is 0.361 e. The molecule has 0 bridgehead atoms. The molecule has 0 radical (unpaired) electrons. The van der Waals surface area contributed by atoms with Gasteiger partial charge in [0.2, 0.25) is 0 Å². The highest BCUT2D eigenvalue weighted by atomic mass is 32.2. The van der Waals surface area contributed by atoms with Crippen LogP contribution in [-0.4, -0.2) is 30.1 Å². The van der Waals surface area contributed by atoms with Gasteiger partial charge in [0.25, 0.3) is 0 Å². The van der Waals surface area contributed by atoms with Gasteiger partial charge in [-0.15, -0.1) is 0 Å². The number of aromatic amines is 1. The molecule has 1 aromatic carbocycles. The SMILES string of the molecule is CSCCCCNCCc1c[nH]c2ccccc12. The molecule has 1 aromatic heterocycles. The topological polar surface area (TPSA) is 27.8 Å². The summed E-state index contributed by atoms with van der Waals surface area (Å²) in [5.41, 5.74) is 2.66. The van der Waals surface area contributed by atoms with Gasteiger partial charge in [-0.2, -0.15) is 11.8 Å². The maximum absolute atomic E-state index is 3.52. The second-order valence-corrected chi connectivity index (χ2v) is 5.55. The second-order valence-electron chi connectivity index (χ2n) is 4.56. The van der Waals surface area contributed by atoms with E-state index in [1.165, 1.54) is 35.1 Å². The van der Waals surface area contributed by atoms with Crippen molar-refractivity contribution in [2.75, 3.05) is 25.1 Å². The molecule has 3 heteroatoms. The van der Waals surface area contributed by atoms with Gasteiger partial charge in [0.1, 0.15) is 0 Å². The van der Waals surface area contributed by atoms with Crippen molar-refractivity contribution in [3.63, 3.8) is 0 Å². The number of aromatic nitrogens is 1. The minimum atomic E-state index is 1.07. The first kappa shape index (κ1) is 13.5. The highest BCUT2D eigenvalue weighted by Gasteiger charge is 2.01. The van der Waals surface area contributed by atoms with E-state index in [4.69, 9.17) is 0 Å². The molecule has 0 unspecified atom stereocenters. The number of benzene rings is 1. The zero-order chi connectivity index (χ0) is 12.6. The lowest BCUT2D eigenvalue weighted by Crippen LogP contribution is -2.18. The summed E-state index contributed by atoms with van der Waals surface area (Å²) in [4.78, 5) is 3.33. The predicted octanol–water partition coefficient (Wildman–Crippen LogP) is 3.44. The normalized spacial score (nSPS) is 11.2. The van der Waals surface area contributed by atoms with Crippen LogP contribution in [0.15, 0.2) is 30.5 Å². The monoisotopic (exact) mass is 262 g/mol. The van der Waals surface area contributed by atoms with Gasteiger partial charge in [-0.1, -0.05) is 18.2 Å². The summed E-state index contributed by atoms with van der Waals surface area (Å²) in [5, 5.41) is 4.89. The first-order valence-corrected chi connectivity index (χ1v) is 8.06. The van der Waals surface area contributed by atoms with E-state index >= 15 is 0 Å². The van der Waals surface area contributed by atoms with E-state index in [1.807, 2.05) is 11.8 Å². The van der Waals surface area contributed by atoms with Gasteiger partial charge in [0, 0.05) is 17.1 Å². The summed E-state index contributed by atoms with van der Waals surface area (Å²) in [6.45, 7) is 2.21. The van der Waals surface area contributed by atoms with Crippen LogP contribution < -0.4 is 5.32 Å². The molecule has 1 heterocycles. The fourth-order valence-corrected chi connectivity index (χ4v) is 2.68. The van der Waals surface area contributed by atoms with E-state index in [1.54, 1.807) is 0 Å². The highest BCUT2D eigenvalue weighted by molar-refractivity contribution is 7.98. The minimum Gasteiger partial charge on any atom is -0.361 e. The lowest BCUT2D eigenvalue weighted by molar-refractivity contribution is 0.643. The summed E-state index contributed by atoms with van der Waals surface area (Å²) in [5.74, 6) is 1.28. The Kier molecular flexibility index (Phi) is 5.62. The zero-order valence-corrected chi connectivity index (χ0v) is 11.9. The molecule has 0 saturated heterocycles. The fraction of sp³-hybridized carbons (Fsp3) is 0.467. The van der Waals surface area contributed by atoms with Crippen molar-refractivity contribution >= 4 is 22.7 Å². The molecule has 2 N–H and O–H groups in total. The minimum absolute atomic E-state index is 1.07. The average Bonchev–Trinajstić information content (AvgIpc) is 2.81. The number of thioether (sulfide) groups is 1. The van der Waals surface area contributed by atoms with E-state index < -0.39 is 0 Å². The molecular weight excluding hydrogens is 240 g/mol. The van der Waals surface area contributed by atoms with Crippen LogP contribution in [0.3, 0.4) is 0 Å². The van der Waals surface area contributed by atoms with Crippen molar-refractivity contribution in [1.82, 2.24) is 10.3 Å². The van der Waals surface area contributed by atoms with E-state index in [0.717, 1.165) is 19.5 Å². The van der Waals surface area contributed by atoms with Gasteiger partial charge in [-0.3, -0.25) is 0 Å². The first-order valence-electron chi connectivity index (χ1n) is 6.66. The van der Waals surface area contributed by atoms with Crippen LogP contribution in [0.5, 0.6) is 0 Å². The molecular formula is C15H22N2S. The van der Waals surface area contributed by atoms with Gasteiger partial charge < -0.3 is 10.3 Å². The number of hydrogen-bond acceptors (Lipinski definition) is 2. The van der Waals surface area contributed by atoms with Crippen LogP contribution in [0.1, 0.15) is 18.4 Å². The molecule has 98 valence electrons. The van der Waals surface area contributed by atoms with Crippen molar-refractivity contribution in [2.45, 2.75) is 19.3 Å². The van der Waals surface area contributed by atoms with Gasteiger partial charge >= 0.3 is 0 Å². The lowest BCUT2D eigenvalue weighted by Gasteiger charge is -2.03. The summed E-state index contributed by atoms with van der Waals surface area (Å²) >= 11 is 1.93. The average molecular weight is 262 g/mol. The third-order valence-electron chi connectivity index (χ3n) is 3.20. The molecule has 0 aliphatic heterocycles. The molecule has 0 saturated carbocycles. The maximum Gasteiger partial charge on any atom is 0.0456 e. The van der Waals surface area contributed by atoms with E-state index in [-0.39, 0.29) is 0 Å². The Bertz CT molecular complexity index is 464. The Morgan fingerprint density at radius 3 is 2.94 bits per heavy atom. The smallest absolute Gasteiger partial charge is 0.0456 e. The zero-order valence-electron chi connectivity index (χ0n) is 11.0. The molecule has 0 fully saturated rings. The lowest BCUT2D eigenvalue weighted by atomic mass is 10.1. The van der Waals surface area contributed by atoms with Gasteiger partial charge in [0.05, 0.1) is 0 Å². The van der Waals surface area contributed by atoms with Crippen LogP contribution in [0, 0.1) is 0 Å². The fourth-order valence-electron chi connectivity index (χ4n) is 2.18. The number of para-hydroxylation sites is 1. The Balaban J connectivity index is 1.70. The number of fused-ring (bicyclic) bond motifs is 1. The number of unbranched alkanes of at least 4 members (excludes halogenated alkanes) is 1. The number of hydrogen-bond donors (Lipinski definition) is 2. The Morgan fingerprint density at radius 1 is 1.17 bits per heavy atom. The van der Waals surface area contributed by atoms with E-state index in [0.29, 0.717) is 0 Å². The van der Waals surface area contributed by atoms with Crippen molar-refractivity contribution in [3.05, 3.63) is 36.0 Å². The second kappa shape index (κ2) is 7.49. The van der Waals surface area contributed by atoms with Crippen LogP contribution in [0.2, 0.25) is 0 Å². The summed E-state index contributed by atoms with van der Waals surface area (Å²) in [6.07, 6.45) is 8.02. The number of nitrogens with one attached hydrogen (secondary N) is 2. The molecule has 0 spiro atoms. The Hall–Kier alpha value is -0.930. The van der Waals surface area contributed by atoms with Crippen LogP contribution in [0.25, 0.3) is 10.9 Å². The summed E-state index contributed by atoms with van der Waals surface area (Å²) in [7, 11) is 0. The van der Waals surface area contributed by atoms with Crippen LogP contribution in [0.4, 0.5) is 0 Å². The molecule has 0 atom stereocenters. The molecule has 2 aromatic rings. The van der Waals surface area contributed by atoms with Crippen molar-refractivity contribution in [1.29, 1.82) is 0 Å². The van der Waals surface area contributed by atoms with Crippen molar-refractivity contribution < 1.29 is 0 Å². The quantitative estimate of drug-likeness (QED) is 0.713. The first-order chi connectivity index (χ1) is 8.92. The van der Waals surface area contributed by atoms with Gasteiger partial charge in [0.15, 0.2) is 0 Å². The molecule has 2 rings (SSSR count). The predicted molar refractivity (Wildman–Crippen MR) is 82.5 cm³/mol. The van der Waals surface area contributed by atoms with Crippen LogP contribution >= 0.6 is 11.8 Å². The van der Waals surface area contributed by atoms with E-state index in [2.05, 4.69) is 47.0 Å². The van der Waals surface area contributed by atoms with E-state index in [9.17, 15) is 0 Å². The standard InChI is InChI=1S/C15H22N2S/c1-18-11-5-4-9-16-10-8-13-12-17-15-7-3-2-6-14(13)15/h2-3,6-7,12,16-17H,4-5,8-11H2,1H3. The molecule has 2 nitrogen and oxygen atoms in total. The summed E-state index contributed by atoms with van der Waals surface area (Å²) in [6, 6.07) is 8.51. The molecule has 0 aliphatic carbocycles. The number of H-pyrrole nitrogens is 1. The maximum atomic E-state index is 3.52. The molecule has 0 amide bonds. The third-order valence-corrected chi connectivity index (χ3v) is 3.89. The number of rotatable bonds is 8. The van der Waals surface area contributed by atoms with Gasteiger partial charge in [-0.05, 0) is 56.0 Å².